The highest BCUT2D eigenvalue weighted by Gasteiger charge is 2.22. The molecule has 0 N–H and O–H groups in total. The summed E-state index contributed by atoms with van der Waals surface area (Å²) in [6.45, 7) is 10.1. The zero-order valence-electron chi connectivity index (χ0n) is 12.6. The topological polar surface area (TPSA) is 17.8 Å². The fraction of sp³-hybridized carbons (Fsp3) is 0.562. The summed E-state index contributed by atoms with van der Waals surface area (Å²) in [6, 6.07) is 6.29. The lowest BCUT2D eigenvalue weighted by molar-refractivity contribution is 0.233. The number of nitrogens with zero attached hydrogens (tertiary/aromatic N) is 2. The van der Waals surface area contributed by atoms with Crippen LogP contribution in [0.1, 0.15) is 33.5 Å². The first-order valence-corrected chi connectivity index (χ1v) is 8.36. The number of benzene rings is 1. The molecular weight excluding hydrogens is 336 g/mol. The molecule has 0 aliphatic rings. The van der Waals surface area contributed by atoms with E-state index in [2.05, 4.69) is 66.4 Å². The highest BCUT2D eigenvalue weighted by atomic mass is 79.9. The molecule has 2 nitrogen and oxygen atoms in total. The van der Waals surface area contributed by atoms with E-state index in [0.29, 0.717) is 11.8 Å². The number of alkyl halides is 1. The Kier molecular flexibility index (Phi) is 4.80. The van der Waals surface area contributed by atoms with Gasteiger partial charge in [0, 0.05) is 23.3 Å². The monoisotopic (exact) mass is 356 g/mol. The van der Waals surface area contributed by atoms with Crippen LogP contribution in [0.25, 0.3) is 11.0 Å². The van der Waals surface area contributed by atoms with Crippen molar-refractivity contribution in [3.05, 3.63) is 28.5 Å². The first-order valence-electron chi connectivity index (χ1n) is 7.03. The number of hydrogen-bond acceptors (Lipinski definition) is 1. The highest BCUT2D eigenvalue weighted by molar-refractivity contribution is 9.10. The van der Waals surface area contributed by atoms with Gasteiger partial charge in [0.15, 0.2) is 0 Å². The lowest BCUT2D eigenvalue weighted by Crippen LogP contribution is -2.23. The van der Waals surface area contributed by atoms with Crippen molar-refractivity contribution in [3.63, 3.8) is 0 Å². The average molecular weight is 358 g/mol. The predicted octanol–water partition coefficient (Wildman–Crippen LogP) is 5.26. The van der Waals surface area contributed by atoms with Crippen LogP contribution in [-0.4, -0.2) is 15.4 Å². The summed E-state index contributed by atoms with van der Waals surface area (Å²) >= 11 is 9.44. The number of imidazole rings is 1. The Bertz CT molecular complexity index is 598. The maximum Gasteiger partial charge on any atom is 0.111 e. The summed E-state index contributed by atoms with van der Waals surface area (Å²) in [6.07, 6.45) is 0.810. The van der Waals surface area contributed by atoms with Crippen LogP contribution in [0.4, 0.5) is 0 Å². The molecule has 110 valence electrons. The van der Waals surface area contributed by atoms with Gasteiger partial charge in [-0.2, -0.15) is 0 Å². The van der Waals surface area contributed by atoms with Crippen molar-refractivity contribution in [3.8, 4) is 0 Å². The molecule has 1 aromatic carbocycles. The molecule has 0 saturated carbocycles. The van der Waals surface area contributed by atoms with Crippen molar-refractivity contribution in [2.24, 2.45) is 11.3 Å². The van der Waals surface area contributed by atoms with Crippen LogP contribution in [-0.2, 0) is 13.0 Å². The maximum absolute atomic E-state index is 5.93. The molecule has 0 saturated heterocycles. The highest BCUT2D eigenvalue weighted by Crippen LogP contribution is 2.29. The SMILES string of the molecule is CC(Cn1c(CCCl)nc2cc(Br)ccc21)C(C)(C)C. The Labute approximate surface area is 134 Å². The molecule has 0 fully saturated rings. The number of aryl methyl sites for hydroxylation is 1. The van der Waals surface area contributed by atoms with Crippen LogP contribution in [0.15, 0.2) is 22.7 Å². The summed E-state index contributed by atoms with van der Waals surface area (Å²) in [5.41, 5.74) is 2.52. The van der Waals surface area contributed by atoms with Crippen LogP contribution in [0.3, 0.4) is 0 Å². The minimum Gasteiger partial charge on any atom is -0.328 e. The minimum atomic E-state index is 0.282. The molecular formula is C16H22BrClN2. The van der Waals surface area contributed by atoms with E-state index in [1.165, 1.54) is 5.52 Å². The first-order chi connectivity index (χ1) is 9.32. The Morgan fingerprint density at radius 3 is 2.65 bits per heavy atom. The first kappa shape index (κ1) is 15.8. The van der Waals surface area contributed by atoms with E-state index >= 15 is 0 Å². The lowest BCUT2D eigenvalue weighted by atomic mass is 9.82. The Morgan fingerprint density at radius 2 is 2.05 bits per heavy atom. The van der Waals surface area contributed by atoms with E-state index < -0.39 is 0 Å². The van der Waals surface area contributed by atoms with E-state index in [-0.39, 0.29) is 5.41 Å². The summed E-state index contributed by atoms with van der Waals surface area (Å²) in [4.78, 5) is 4.75. The van der Waals surface area contributed by atoms with Crippen molar-refractivity contribution in [2.45, 2.75) is 40.7 Å². The number of fused-ring (bicyclic) bond motifs is 1. The number of hydrogen-bond donors (Lipinski definition) is 0. The van der Waals surface area contributed by atoms with Crippen molar-refractivity contribution in [1.29, 1.82) is 0 Å². The van der Waals surface area contributed by atoms with Gasteiger partial charge in [0.1, 0.15) is 5.82 Å². The van der Waals surface area contributed by atoms with Gasteiger partial charge in [0.25, 0.3) is 0 Å². The van der Waals surface area contributed by atoms with Gasteiger partial charge in [-0.15, -0.1) is 11.6 Å². The van der Waals surface area contributed by atoms with Gasteiger partial charge in [0.05, 0.1) is 11.0 Å². The predicted molar refractivity (Wildman–Crippen MR) is 90.5 cm³/mol. The van der Waals surface area contributed by atoms with E-state index in [4.69, 9.17) is 16.6 Å². The van der Waals surface area contributed by atoms with Crippen LogP contribution < -0.4 is 0 Å². The molecule has 0 bridgehead atoms. The summed E-state index contributed by atoms with van der Waals surface area (Å²) < 4.78 is 3.40. The van der Waals surface area contributed by atoms with Crippen molar-refractivity contribution in [2.75, 3.05) is 5.88 Å². The van der Waals surface area contributed by atoms with Crippen LogP contribution in [0.5, 0.6) is 0 Å². The molecule has 2 rings (SSSR count). The quantitative estimate of drug-likeness (QED) is 0.682. The minimum absolute atomic E-state index is 0.282. The van der Waals surface area contributed by atoms with E-state index in [9.17, 15) is 0 Å². The fourth-order valence-electron chi connectivity index (χ4n) is 2.18. The number of rotatable bonds is 4. The third-order valence-electron chi connectivity index (χ3n) is 4.04. The molecule has 1 heterocycles. The standard InChI is InChI=1S/C16H22BrClN2/c1-11(16(2,3)4)10-20-14-6-5-12(17)9-13(14)19-15(20)7-8-18/h5-6,9,11H,7-8,10H2,1-4H3. The van der Waals surface area contributed by atoms with Gasteiger partial charge >= 0.3 is 0 Å². The molecule has 0 aliphatic carbocycles. The molecule has 1 unspecified atom stereocenters. The maximum atomic E-state index is 5.93. The molecule has 1 aromatic heterocycles. The molecule has 0 aliphatic heterocycles. The lowest BCUT2D eigenvalue weighted by Gasteiger charge is -2.28. The third kappa shape index (κ3) is 3.37. The van der Waals surface area contributed by atoms with Crippen molar-refractivity contribution < 1.29 is 0 Å². The fourth-order valence-corrected chi connectivity index (χ4v) is 2.70. The average Bonchev–Trinajstić information content (AvgIpc) is 2.66. The van der Waals surface area contributed by atoms with Crippen molar-refractivity contribution in [1.82, 2.24) is 9.55 Å². The molecule has 0 amide bonds. The summed E-state index contributed by atoms with van der Waals surface area (Å²) in [5.74, 6) is 2.26. The Hall–Kier alpha value is -0.540. The molecule has 2 aromatic rings. The van der Waals surface area contributed by atoms with Gasteiger partial charge in [0.2, 0.25) is 0 Å². The van der Waals surface area contributed by atoms with Crippen LogP contribution in [0, 0.1) is 11.3 Å². The molecule has 0 radical (unpaired) electrons. The number of halogens is 2. The van der Waals surface area contributed by atoms with Gasteiger partial charge in [-0.3, -0.25) is 0 Å². The second-order valence-corrected chi connectivity index (χ2v) is 7.77. The normalized spacial score (nSPS) is 13.9. The number of aromatic nitrogens is 2. The van der Waals surface area contributed by atoms with Crippen LogP contribution in [0.2, 0.25) is 0 Å². The summed E-state index contributed by atoms with van der Waals surface area (Å²) in [7, 11) is 0. The molecule has 1 atom stereocenters. The zero-order chi connectivity index (χ0) is 14.9. The van der Waals surface area contributed by atoms with E-state index in [1.807, 2.05) is 0 Å². The largest absolute Gasteiger partial charge is 0.328 e. The molecule has 4 heteroatoms. The van der Waals surface area contributed by atoms with E-state index in [1.54, 1.807) is 0 Å². The summed E-state index contributed by atoms with van der Waals surface area (Å²) in [5, 5.41) is 0. The van der Waals surface area contributed by atoms with Gasteiger partial charge < -0.3 is 4.57 Å². The molecule has 0 spiro atoms. The molecule has 20 heavy (non-hydrogen) atoms. The Balaban J connectivity index is 2.46. The third-order valence-corrected chi connectivity index (χ3v) is 4.72. The van der Waals surface area contributed by atoms with Crippen LogP contribution >= 0.6 is 27.5 Å². The zero-order valence-corrected chi connectivity index (χ0v) is 14.9. The second kappa shape index (κ2) is 6.07. The van der Waals surface area contributed by atoms with Crippen molar-refractivity contribution >= 4 is 38.6 Å². The van der Waals surface area contributed by atoms with Gasteiger partial charge in [-0.05, 0) is 29.5 Å². The van der Waals surface area contributed by atoms with Gasteiger partial charge in [-0.25, -0.2) is 4.98 Å². The smallest absolute Gasteiger partial charge is 0.111 e. The second-order valence-electron chi connectivity index (χ2n) is 6.48. The Morgan fingerprint density at radius 1 is 1.35 bits per heavy atom. The van der Waals surface area contributed by atoms with Gasteiger partial charge in [-0.1, -0.05) is 43.6 Å². The van der Waals surface area contributed by atoms with E-state index in [0.717, 1.165) is 28.8 Å².